The number of hydrogen-bond acceptors (Lipinski definition) is 4. The van der Waals surface area contributed by atoms with E-state index in [1.54, 1.807) is 23.0 Å². The zero-order valence-electron chi connectivity index (χ0n) is 17.6. The number of benzene rings is 2. The van der Waals surface area contributed by atoms with Crippen LogP contribution in [0.3, 0.4) is 0 Å². The van der Waals surface area contributed by atoms with E-state index in [-0.39, 0.29) is 5.91 Å². The lowest BCUT2D eigenvalue weighted by molar-refractivity contribution is 0.103. The summed E-state index contributed by atoms with van der Waals surface area (Å²) >= 11 is 13.8. The Morgan fingerprint density at radius 2 is 1.88 bits per heavy atom. The first-order valence-electron chi connectivity index (χ1n) is 9.93. The molecule has 0 aliphatic heterocycles. The molecule has 0 saturated carbocycles. The van der Waals surface area contributed by atoms with Crippen molar-refractivity contribution < 1.29 is 9.53 Å². The second-order valence-electron chi connectivity index (χ2n) is 7.51. The monoisotopic (exact) mass is 485 g/mol. The highest BCUT2D eigenvalue weighted by Gasteiger charge is 2.15. The number of nitrogens with one attached hydrogen (secondary N) is 1. The maximum absolute atomic E-state index is 12.7. The summed E-state index contributed by atoms with van der Waals surface area (Å²) in [5, 5.41) is 10.0. The molecule has 0 unspecified atom stereocenters. The van der Waals surface area contributed by atoms with E-state index in [1.807, 2.05) is 49.6 Å². The molecule has 1 N–H and O–H groups in total. The molecule has 4 rings (SSSR count). The van der Waals surface area contributed by atoms with Gasteiger partial charge in [-0.25, -0.2) is 0 Å². The van der Waals surface area contributed by atoms with Gasteiger partial charge in [0.05, 0.1) is 16.4 Å². The van der Waals surface area contributed by atoms with Crippen molar-refractivity contribution >= 4 is 46.3 Å². The molecule has 164 valence electrons. The second kappa shape index (κ2) is 9.77. The Balaban J connectivity index is 1.39. The van der Waals surface area contributed by atoms with Crippen LogP contribution in [0.15, 0.2) is 60.1 Å². The van der Waals surface area contributed by atoms with Gasteiger partial charge in [-0.15, -0.1) is 11.3 Å². The molecule has 8 heteroatoms. The summed E-state index contributed by atoms with van der Waals surface area (Å²) in [6.45, 7) is 4.91. The molecule has 32 heavy (non-hydrogen) atoms. The molecule has 0 atom stereocenters. The molecule has 2 aromatic heterocycles. The lowest BCUT2D eigenvalue weighted by Crippen LogP contribution is -2.11. The van der Waals surface area contributed by atoms with Crippen LogP contribution in [0.1, 0.15) is 31.9 Å². The Bertz CT molecular complexity index is 1270. The smallest absolute Gasteiger partial charge is 0.266 e. The third-order valence-electron chi connectivity index (χ3n) is 4.73. The number of halogens is 2. The molecule has 0 radical (unpaired) electrons. The van der Waals surface area contributed by atoms with E-state index >= 15 is 0 Å². The molecule has 5 nitrogen and oxygen atoms in total. The van der Waals surface area contributed by atoms with Gasteiger partial charge >= 0.3 is 0 Å². The summed E-state index contributed by atoms with van der Waals surface area (Å²) in [5.41, 5.74) is 4.23. The Morgan fingerprint density at radius 1 is 1.06 bits per heavy atom. The Hall–Kier alpha value is -2.80. The molecule has 2 heterocycles. The van der Waals surface area contributed by atoms with E-state index in [0.29, 0.717) is 39.6 Å². The molecule has 0 aliphatic rings. The average Bonchev–Trinajstić information content (AvgIpc) is 3.35. The molecule has 0 saturated heterocycles. The van der Waals surface area contributed by atoms with Crippen LogP contribution >= 0.6 is 34.5 Å². The van der Waals surface area contributed by atoms with Crippen LogP contribution in [0, 0.1) is 13.8 Å². The fourth-order valence-corrected chi connectivity index (χ4v) is 4.34. The zero-order chi connectivity index (χ0) is 22.7. The van der Waals surface area contributed by atoms with Crippen molar-refractivity contribution in [1.29, 1.82) is 0 Å². The number of nitrogens with zero attached hydrogens (tertiary/aromatic N) is 2. The summed E-state index contributed by atoms with van der Waals surface area (Å²) in [6, 6.07) is 15.6. The van der Waals surface area contributed by atoms with Crippen LogP contribution in [0.4, 0.5) is 5.82 Å². The lowest BCUT2D eigenvalue weighted by Gasteiger charge is -2.07. The van der Waals surface area contributed by atoms with Gasteiger partial charge in [0.2, 0.25) is 0 Å². The average molecular weight is 486 g/mol. The molecule has 1 amide bonds. The van der Waals surface area contributed by atoms with E-state index in [4.69, 9.17) is 27.9 Å². The SMILES string of the molecule is Cc1cccc(Cn2cc(Cl)c(NC(=O)c3cc(COc4cc(C)ccc4Cl)cs3)n2)c1. The third-order valence-corrected chi connectivity index (χ3v) is 6.30. The lowest BCUT2D eigenvalue weighted by atomic mass is 10.1. The first-order chi connectivity index (χ1) is 15.4. The second-order valence-corrected chi connectivity index (χ2v) is 9.23. The number of ether oxygens (including phenoxy) is 1. The van der Waals surface area contributed by atoms with Gasteiger partial charge < -0.3 is 10.1 Å². The number of aromatic nitrogens is 2. The summed E-state index contributed by atoms with van der Waals surface area (Å²) in [5.74, 6) is 0.689. The number of anilines is 1. The van der Waals surface area contributed by atoms with Crippen molar-refractivity contribution in [2.45, 2.75) is 27.0 Å². The van der Waals surface area contributed by atoms with E-state index < -0.39 is 0 Å². The fraction of sp³-hybridized carbons (Fsp3) is 0.167. The summed E-state index contributed by atoms with van der Waals surface area (Å²) < 4.78 is 7.52. The number of thiophene rings is 1. The number of rotatable bonds is 7. The van der Waals surface area contributed by atoms with E-state index in [0.717, 1.165) is 16.7 Å². The molecule has 0 spiro atoms. The van der Waals surface area contributed by atoms with Crippen molar-refractivity contribution in [1.82, 2.24) is 9.78 Å². The number of carbonyl (C=O) groups is 1. The van der Waals surface area contributed by atoms with Crippen molar-refractivity contribution in [3.05, 3.63) is 97.3 Å². The summed E-state index contributed by atoms with van der Waals surface area (Å²) in [7, 11) is 0. The molecular weight excluding hydrogens is 465 g/mol. The Kier molecular flexibility index (Phi) is 6.84. The molecule has 2 aromatic carbocycles. The molecule has 0 fully saturated rings. The van der Waals surface area contributed by atoms with Crippen molar-refractivity contribution in [2.75, 3.05) is 5.32 Å². The van der Waals surface area contributed by atoms with E-state index in [9.17, 15) is 4.79 Å². The van der Waals surface area contributed by atoms with Crippen molar-refractivity contribution in [2.24, 2.45) is 0 Å². The predicted molar refractivity (Wildman–Crippen MR) is 130 cm³/mol. The van der Waals surface area contributed by atoms with E-state index in [1.165, 1.54) is 16.9 Å². The van der Waals surface area contributed by atoms with Gasteiger partial charge in [0, 0.05) is 11.8 Å². The maximum Gasteiger partial charge on any atom is 0.266 e. The highest BCUT2D eigenvalue weighted by molar-refractivity contribution is 7.12. The highest BCUT2D eigenvalue weighted by Crippen LogP contribution is 2.27. The largest absolute Gasteiger partial charge is 0.487 e. The topological polar surface area (TPSA) is 56.2 Å². The first-order valence-corrected chi connectivity index (χ1v) is 11.6. The fourth-order valence-electron chi connectivity index (χ4n) is 3.18. The minimum Gasteiger partial charge on any atom is -0.487 e. The van der Waals surface area contributed by atoms with Gasteiger partial charge in [0.25, 0.3) is 5.91 Å². The number of amides is 1. The molecule has 4 aromatic rings. The van der Waals surface area contributed by atoms with Crippen LogP contribution in [0.25, 0.3) is 0 Å². The molecule has 0 bridgehead atoms. The van der Waals surface area contributed by atoms with Crippen LogP contribution in [-0.2, 0) is 13.2 Å². The van der Waals surface area contributed by atoms with Crippen LogP contribution in [0.2, 0.25) is 10.0 Å². The van der Waals surface area contributed by atoms with Crippen LogP contribution < -0.4 is 10.1 Å². The van der Waals surface area contributed by atoms with Gasteiger partial charge in [-0.05, 0) is 48.6 Å². The maximum atomic E-state index is 12.7. The van der Waals surface area contributed by atoms with Gasteiger partial charge in [-0.3, -0.25) is 9.48 Å². The first kappa shape index (κ1) is 22.4. The van der Waals surface area contributed by atoms with Crippen molar-refractivity contribution in [3.8, 4) is 5.75 Å². The summed E-state index contributed by atoms with van der Waals surface area (Å²) in [6.07, 6.45) is 1.71. The number of carbonyl (C=O) groups excluding carboxylic acids is 1. The third kappa shape index (κ3) is 5.51. The van der Waals surface area contributed by atoms with Gasteiger partial charge in [0.15, 0.2) is 5.82 Å². The normalized spacial score (nSPS) is 10.9. The highest BCUT2D eigenvalue weighted by atomic mass is 35.5. The van der Waals surface area contributed by atoms with Gasteiger partial charge in [-0.1, -0.05) is 59.1 Å². The number of hydrogen-bond donors (Lipinski definition) is 1. The minimum absolute atomic E-state index is 0.266. The van der Waals surface area contributed by atoms with Crippen molar-refractivity contribution in [3.63, 3.8) is 0 Å². The van der Waals surface area contributed by atoms with Gasteiger partial charge in [-0.2, -0.15) is 5.10 Å². The standard InChI is InChI=1S/C24H21Cl2N3O2S/c1-15-4-3-5-17(8-15)11-29-12-20(26)23(28-29)27-24(30)22-10-18(14-32-22)13-31-21-9-16(2)6-7-19(21)25/h3-10,12,14H,11,13H2,1-2H3,(H,27,28,30). The zero-order valence-corrected chi connectivity index (χ0v) is 19.9. The van der Waals surface area contributed by atoms with Gasteiger partial charge in [0.1, 0.15) is 17.4 Å². The minimum atomic E-state index is -0.266. The Labute approximate surface area is 200 Å². The van der Waals surface area contributed by atoms with Crippen LogP contribution in [-0.4, -0.2) is 15.7 Å². The van der Waals surface area contributed by atoms with E-state index in [2.05, 4.69) is 16.5 Å². The summed E-state index contributed by atoms with van der Waals surface area (Å²) in [4.78, 5) is 13.2. The molecular formula is C24H21Cl2N3O2S. The number of aryl methyl sites for hydroxylation is 2. The Morgan fingerprint density at radius 3 is 2.69 bits per heavy atom. The molecule has 0 aliphatic carbocycles. The predicted octanol–water partition coefficient (Wildman–Crippen LogP) is 6.75. The quantitative estimate of drug-likeness (QED) is 0.315. The van der Waals surface area contributed by atoms with Crippen LogP contribution in [0.5, 0.6) is 5.75 Å².